The zero-order chi connectivity index (χ0) is 26.3. The quantitative estimate of drug-likeness (QED) is 0.387. The van der Waals surface area contributed by atoms with E-state index >= 15 is 0 Å². The highest BCUT2D eigenvalue weighted by molar-refractivity contribution is 7.52. The fourth-order valence-electron chi connectivity index (χ4n) is 3.91. The second kappa shape index (κ2) is 9.64. The zero-order valence-electron chi connectivity index (χ0n) is 19.7. The molecule has 2 aromatic rings. The van der Waals surface area contributed by atoms with Crippen molar-refractivity contribution in [1.82, 2.24) is 14.6 Å². The van der Waals surface area contributed by atoms with Gasteiger partial charge in [0.25, 0.3) is 0 Å². The maximum atomic E-state index is 14.9. The Bertz CT molecular complexity index is 1230. The number of ether oxygens (including phenoxy) is 2. The Hall–Kier alpha value is -2.70. The Morgan fingerprint density at radius 3 is 2.56 bits per heavy atom. The standard InChI is InChI=1S/C22H26F2N3O8P/c1-13-9-10-27(20(30)25-13)19-22(23,24)17(28)16(33-19)12-32-36(31,35-14-7-5-4-6-8-14)26-15-11-21(2,3)34-18(15)29/h4-10,15-17,19,28H,11-12H2,1-3H3,(H,26,31)/t15?,16-,17-,19-,36?/m1/s1. The summed E-state index contributed by atoms with van der Waals surface area (Å²) >= 11 is 0. The maximum Gasteiger partial charge on any atom is 0.459 e. The molecular formula is C22H26F2N3O8P. The average Bonchev–Trinajstić information content (AvgIpc) is 3.17. The van der Waals surface area contributed by atoms with Crippen LogP contribution in [0.5, 0.6) is 5.75 Å². The predicted octanol–water partition coefficient (Wildman–Crippen LogP) is 2.33. The van der Waals surface area contributed by atoms with Crippen LogP contribution < -0.4 is 15.3 Å². The number of nitrogens with zero attached hydrogens (tertiary/aromatic N) is 2. The van der Waals surface area contributed by atoms with Gasteiger partial charge in [-0.2, -0.15) is 18.9 Å². The average molecular weight is 529 g/mol. The lowest BCUT2D eigenvalue weighted by Crippen LogP contribution is -2.42. The van der Waals surface area contributed by atoms with Crippen LogP contribution in [0.15, 0.2) is 47.4 Å². The Balaban J connectivity index is 1.54. The van der Waals surface area contributed by atoms with Gasteiger partial charge in [0.2, 0.25) is 6.23 Å². The van der Waals surface area contributed by atoms with E-state index in [1.165, 1.54) is 25.1 Å². The van der Waals surface area contributed by atoms with E-state index in [1.54, 1.807) is 32.0 Å². The molecule has 11 nitrogen and oxygen atoms in total. The van der Waals surface area contributed by atoms with Crippen molar-refractivity contribution >= 4 is 13.7 Å². The van der Waals surface area contributed by atoms with Crippen LogP contribution in [0.4, 0.5) is 8.78 Å². The molecule has 3 heterocycles. The van der Waals surface area contributed by atoms with E-state index in [-0.39, 0.29) is 12.2 Å². The van der Waals surface area contributed by atoms with Gasteiger partial charge in [-0.25, -0.2) is 9.36 Å². The number of aromatic nitrogens is 2. The largest absolute Gasteiger partial charge is 0.459 e. The second-order valence-corrected chi connectivity index (χ2v) is 10.9. The van der Waals surface area contributed by atoms with Crippen molar-refractivity contribution in [3.05, 3.63) is 58.8 Å². The fraction of sp³-hybridized carbons (Fsp3) is 0.500. The number of aryl methyl sites for hydroxylation is 1. The first-order valence-electron chi connectivity index (χ1n) is 11.1. The molecule has 2 unspecified atom stereocenters. The third-order valence-electron chi connectivity index (χ3n) is 5.65. The third kappa shape index (κ3) is 5.50. The summed E-state index contributed by atoms with van der Waals surface area (Å²) < 4.78 is 65.3. The van der Waals surface area contributed by atoms with Gasteiger partial charge in [-0.1, -0.05) is 18.2 Å². The molecule has 0 amide bonds. The van der Waals surface area contributed by atoms with Crippen molar-refractivity contribution < 1.29 is 41.8 Å². The van der Waals surface area contributed by atoms with Crippen molar-refractivity contribution in [2.24, 2.45) is 0 Å². The Morgan fingerprint density at radius 1 is 1.25 bits per heavy atom. The summed E-state index contributed by atoms with van der Waals surface area (Å²) in [6.07, 6.45) is -5.05. The molecule has 0 bridgehead atoms. The molecule has 5 atom stereocenters. The van der Waals surface area contributed by atoms with E-state index in [9.17, 15) is 28.0 Å². The molecule has 0 saturated carbocycles. The first kappa shape index (κ1) is 26.4. The SMILES string of the molecule is Cc1ccn([C@@H]2O[C@H](COP(=O)(NC3CC(C)(C)OC3=O)Oc3ccccc3)[C@@H](O)C2(F)F)c(=O)n1. The monoisotopic (exact) mass is 529 g/mol. The van der Waals surface area contributed by atoms with Crippen LogP contribution in [0.25, 0.3) is 0 Å². The number of nitrogens with one attached hydrogen (secondary N) is 1. The molecule has 14 heteroatoms. The molecule has 0 spiro atoms. The first-order valence-corrected chi connectivity index (χ1v) is 12.6. The van der Waals surface area contributed by atoms with Crippen LogP contribution in [-0.4, -0.2) is 57.0 Å². The molecule has 0 aliphatic carbocycles. The van der Waals surface area contributed by atoms with Crippen molar-refractivity contribution in [3.8, 4) is 5.75 Å². The van der Waals surface area contributed by atoms with Gasteiger partial charge in [0.1, 0.15) is 23.5 Å². The lowest BCUT2D eigenvalue weighted by Gasteiger charge is -2.24. The van der Waals surface area contributed by atoms with E-state index in [1.807, 2.05) is 0 Å². The normalized spacial score (nSPS) is 28.4. The predicted molar refractivity (Wildman–Crippen MR) is 120 cm³/mol. The molecule has 2 saturated heterocycles. The Kier molecular flexibility index (Phi) is 7.06. The Morgan fingerprint density at radius 2 is 1.94 bits per heavy atom. The number of hydrogen-bond acceptors (Lipinski definition) is 9. The smallest absolute Gasteiger partial charge is 0.458 e. The number of hydrogen-bond donors (Lipinski definition) is 2. The number of carbonyl (C=O) groups excluding carboxylic acids is 1. The molecular weight excluding hydrogens is 503 g/mol. The molecule has 2 N–H and O–H groups in total. The van der Waals surface area contributed by atoms with E-state index in [0.717, 1.165) is 6.20 Å². The summed E-state index contributed by atoms with van der Waals surface area (Å²) in [6.45, 7) is 4.04. The minimum absolute atomic E-state index is 0.118. The number of cyclic esters (lactones) is 1. The molecule has 2 aliphatic rings. The number of esters is 1. The highest BCUT2D eigenvalue weighted by Crippen LogP contribution is 2.49. The van der Waals surface area contributed by atoms with Gasteiger partial charge in [0, 0.05) is 18.3 Å². The number of aliphatic hydroxyl groups is 1. The van der Waals surface area contributed by atoms with E-state index in [2.05, 4.69) is 10.1 Å². The lowest BCUT2D eigenvalue weighted by atomic mass is 10.0. The van der Waals surface area contributed by atoms with Gasteiger partial charge in [0.15, 0.2) is 6.10 Å². The van der Waals surface area contributed by atoms with E-state index in [4.69, 9.17) is 18.5 Å². The summed E-state index contributed by atoms with van der Waals surface area (Å²) in [5, 5.41) is 12.8. The molecule has 1 aromatic carbocycles. The maximum absolute atomic E-state index is 14.9. The van der Waals surface area contributed by atoms with Crippen LogP contribution in [0.1, 0.15) is 32.2 Å². The molecule has 36 heavy (non-hydrogen) atoms. The number of aliphatic hydroxyl groups excluding tert-OH is 1. The van der Waals surface area contributed by atoms with Crippen molar-refractivity contribution in [2.75, 3.05) is 6.61 Å². The molecule has 2 fully saturated rings. The third-order valence-corrected chi connectivity index (χ3v) is 7.22. The highest BCUT2D eigenvalue weighted by Gasteiger charge is 2.60. The minimum atomic E-state index is -4.38. The van der Waals surface area contributed by atoms with Crippen LogP contribution >= 0.6 is 7.75 Å². The summed E-state index contributed by atoms with van der Waals surface area (Å²) in [4.78, 5) is 28.0. The summed E-state index contributed by atoms with van der Waals surface area (Å²) in [7, 11) is -4.38. The lowest BCUT2D eigenvalue weighted by molar-refractivity contribution is -0.147. The molecule has 0 radical (unpaired) electrons. The van der Waals surface area contributed by atoms with Crippen LogP contribution in [0.2, 0.25) is 0 Å². The first-order chi connectivity index (χ1) is 16.8. The molecule has 1 aromatic heterocycles. The number of halogens is 2. The number of rotatable bonds is 8. The molecule has 4 rings (SSSR count). The summed E-state index contributed by atoms with van der Waals surface area (Å²) in [5.74, 6) is -4.46. The number of benzene rings is 1. The topological polar surface area (TPSA) is 138 Å². The highest BCUT2D eigenvalue weighted by atomic mass is 31.2. The van der Waals surface area contributed by atoms with Gasteiger partial charge < -0.3 is 19.1 Å². The fourth-order valence-corrected chi connectivity index (χ4v) is 5.41. The van der Waals surface area contributed by atoms with Crippen LogP contribution in [0, 0.1) is 6.92 Å². The van der Waals surface area contributed by atoms with E-state index < -0.39 is 62.0 Å². The number of para-hydroxylation sites is 1. The second-order valence-electron chi connectivity index (χ2n) is 9.17. The van der Waals surface area contributed by atoms with Crippen LogP contribution in [0.3, 0.4) is 0 Å². The molecule has 2 aliphatic heterocycles. The van der Waals surface area contributed by atoms with Crippen molar-refractivity contribution in [1.29, 1.82) is 0 Å². The zero-order valence-corrected chi connectivity index (χ0v) is 20.6. The van der Waals surface area contributed by atoms with Gasteiger partial charge in [0.05, 0.1) is 6.61 Å². The van der Waals surface area contributed by atoms with E-state index in [0.29, 0.717) is 10.3 Å². The number of carbonyl (C=O) groups is 1. The van der Waals surface area contributed by atoms with Gasteiger partial charge >= 0.3 is 25.3 Å². The van der Waals surface area contributed by atoms with Gasteiger partial charge in [-0.05, 0) is 39.0 Å². The van der Waals surface area contributed by atoms with Crippen molar-refractivity contribution in [2.45, 2.75) is 63.2 Å². The number of alkyl halides is 2. The summed E-state index contributed by atoms with van der Waals surface area (Å²) in [6, 6.07) is 8.15. The van der Waals surface area contributed by atoms with Crippen molar-refractivity contribution in [3.63, 3.8) is 0 Å². The summed E-state index contributed by atoms with van der Waals surface area (Å²) in [5.41, 5.74) is -1.51. The minimum Gasteiger partial charge on any atom is -0.458 e. The Labute approximate surface area is 204 Å². The molecule has 196 valence electrons. The van der Waals surface area contributed by atoms with Crippen LogP contribution in [-0.2, 0) is 23.4 Å². The van der Waals surface area contributed by atoms with Gasteiger partial charge in [-0.15, -0.1) is 0 Å². The van der Waals surface area contributed by atoms with Gasteiger partial charge in [-0.3, -0.25) is 13.9 Å².